The van der Waals surface area contributed by atoms with Crippen LogP contribution in [0.2, 0.25) is 0 Å². The first-order valence-electron chi connectivity index (χ1n) is 10.8. The minimum atomic E-state index is -3.66. The third kappa shape index (κ3) is 6.75. The summed E-state index contributed by atoms with van der Waals surface area (Å²) in [5.41, 5.74) is 2.90. The van der Waals surface area contributed by atoms with E-state index in [1.807, 2.05) is 0 Å². The molecule has 1 aromatic carbocycles. The van der Waals surface area contributed by atoms with Crippen LogP contribution >= 0.6 is 0 Å². The van der Waals surface area contributed by atoms with Crippen molar-refractivity contribution in [1.29, 1.82) is 0 Å². The number of hydrogen-bond acceptors (Lipinski definition) is 5. The maximum absolute atomic E-state index is 13.0. The lowest BCUT2D eigenvalue weighted by atomic mass is 10.0. The molecule has 1 aromatic heterocycles. The molecular weight excluding hydrogens is 430 g/mol. The van der Waals surface area contributed by atoms with Gasteiger partial charge >= 0.3 is 6.09 Å². The van der Waals surface area contributed by atoms with Crippen LogP contribution < -0.4 is 5.32 Å². The number of carbonyl (C=O) groups is 1. The number of rotatable bonds is 9. The van der Waals surface area contributed by atoms with E-state index in [1.165, 1.54) is 16.1 Å². The summed E-state index contributed by atoms with van der Waals surface area (Å²) in [6.45, 7) is 5.52. The maximum Gasteiger partial charge on any atom is 0.405 e. The Balaban J connectivity index is 1.53. The van der Waals surface area contributed by atoms with E-state index >= 15 is 0 Å². The van der Waals surface area contributed by atoms with Crippen LogP contribution in [-0.2, 0) is 21.4 Å². The molecule has 1 fully saturated rings. The highest BCUT2D eigenvalue weighted by Crippen LogP contribution is 2.22. The Kier molecular flexibility index (Phi) is 8.22. The standard InChI is InChI=1S/C23H31N3O5S/c1-17(2)19-7-5-18(6-8-19)15-31-21-9-12-26(13-10-21)32(29,30)16-22(25-23(27)28)20-4-3-11-24-14-20/h3-8,11,14,17,21-22,25H,9-10,12-13,15-16H2,1-2H3,(H,27,28). The van der Waals surface area contributed by atoms with Crippen LogP contribution in [0.15, 0.2) is 48.8 Å². The molecule has 1 amide bonds. The molecular formula is C23H31N3O5S. The van der Waals surface area contributed by atoms with Crippen LogP contribution in [0.5, 0.6) is 0 Å². The second kappa shape index (κ2) is 10.9. The van der Waals surface area contributed by atoms with E-state index in [-0.39, 0.29) is 11.9 Å². The van der Waals surface area contributed by atoms with Gasteiger partial charge in [-0.05, 0) is 41.5 Å². The van der Waals surface area contributed by atoms with Crippen molar-refractivity contribution in [3.63, 3.8) is 0 Å². The number of aromatic nitrogens is 1. The molecule has 1 atom stereocenters. The molecule has 32 heavy (non-hydrogen) atoms. The summed E-state index contributed by atoms with van der Waals surface area (Å²) >= 11 is 0. The minimum absolute atomic E-state index is 0.00232. The molecule has 0 radical (unpaired) electrons. The number of pyridine rings is 1. The van der Waals surface area contributed by atoms with E-state index in [0.29, 0.717) is 44.0 Å². The van der Waals surface area contributed by atoms with Crippen molar-refractivity contribution in [3.8, 4) is 0 Å². The highest BCUT2D eigenvalue weighted by molar-refractivity contribution is 7.89. The first kappa shape index (κ1) is 24.2. The molecule has 1 unspecified atom stereocenters. The van der Waals surface area contributed by atoms with Crippen molar-refractivity contribution in [2.45, 2.75) is 51.4 Å². The van der Waals surface area contributed by atoms with Crippen molar-refractivity contribution < 1.29 is 23.1 Å². The lowest BCUT2D eigenvalue weighted by Crippen LogP contribution is -2.44. The third-order valence-electron chi connectivity index (χ3n) is 5.69. The van der Waals surface area contributed by atoms with Crippen LogP contribution in [0.25, 0.3) is 0 Å². The number of sulfonamides is 1. The predicted octanol–water partition coefficient (Wildman–Crippen LogP) is 3.52. The van der Waals surface area contributed by atoms with Crippen molar-refractivity contribution in [2.24, 2.45) is 0 Å². The number of benzene rings is 1. The zero-order valence-electron chi connectivity index (χ0n) is 18.5. The number of hydrogen-bond donors (Lipinski definition) is 2. The van der Waals surface area contributed by atoms with E-state index < -0.39 is 22.2 Å². The van der Waals surface area contributed by atoms with Gasteiger partial charge in [0, 0.05) is 25.5 Å². The van der Waals surface area contributed by atoms with Gasteiger partial charge in [0.25, 0.3) is 0 Å². The van der Waals surface area contributed by atoms with Gasteiger partial charge in [-0.25, -0.2) is 17.5 Å². The number of nitrogens with one attached hydrogen (secondary N) is 1. The van der Waals surface area contributed by atoms with E-state index in [2.05, 4.69) is 48.4 Å². The minimum Gasteiger partial charge on any atom is -0.465 e. The Bertz CT molecular complexity index is 972. The monoisotopic (exact) mass is 461 g/mol. The van der Waals surface area contributed by atoms with E-state index in [1.54, 1.807) is 18.3 Å². The van der Waals surface area contributed by atoms with Gasteiger partial charge in [0.15, 0.2) is 0 Å². The Morgan fingerprint density at radius 3 is 2.44 bits per heavy atom. The van der Waals surface area contributed by atoms with E-state index in [9.17, 15) is 13.2 Å². The second-order valence-electron chi connectivity index (χ2n) is 8.37. The van der Waals surface area contributed by atoms with Gasteiger partial charge in [-0.3, -0.25) is 4.98 Å². The molecule has 9 heteroatoms. The van der Waals surface area contributed by atoms with Crippen molar-refractivity contribution in [1.82, 2.24) is 14.6 Å². The Hall–Kier alpha value is -2.49. The lowest BCUT2D eigenvalue weighted by molar-refractivity contribution is 0.0102. The molecule has 1 aliphatic heterocycles. The van der Waals surface area contributed by atoms with Crippen LogP contribution in [0.1, 0.15) is 55.3 Å². The van der Waals surface area contributed by atoms with E-state index in [4.69, 9.17) is 9.84 Å². The van der Waals surface area contributed by atoms with Gasteiger partial charge in [-0.1, -0.05) is 44.2 Å². The van der Waals surface area contributed by atoms with Gasteiger partial charge in [0.2, 0.25) is 10.0 Å². The molecule has 8 nitrogen and oxygen atoms in total. The van der Waals surface area contributed by atoms with Crippen LogP contribution in [0.4, 0.5) is 4.79 Å². The number of ether oxygens (including phenoxy) is 1. The van der Waals surface area contributed by atoms with Gasteiger partial charge in [-0.2, -0.15) is 0 Å². The molecule has 0 bridgehead atoms. The van der Waals surface area contributed by atoms with Gasteiger partial charge < -0.3 is 15.2 Å². The number of piperidine rings is 1. The largest absolute Gasteiger partial charge is 0.465 e. The highest BCUT2D eigenvalue weighted by Gasteiger charge is 2.31. The molecule has 3 rings (SSSR count). The number of nitrogens with zero attached hydrogens (tertiary/aromatic N) is 2. The van der Waals surface area contributed by atoms with Crippen molar-refractivity contribution in [3.05, 3.63) is 65.5 Å². The van der Waals surface area contributed by atoms with Gasteiger partial charge in [-0.15, -0.1) is 0 Å². The van der Waals surface area contributed by atoms with Gasteiger partial charge in [0.1, 0.15) is 0 Å². The normalized spacial score (nSPS) is 16.7. The molecule has 0 spiro atoms. The van der Waals surface area contributed by atoms with Crippen LogP contribution in [-0.4, -0.2) is 53.9 Å². The number of amides is 1. The zero-order valence-corrected chi connectivity index (χ0v) is 19.3. The molecule has 174 valence electrons. The first-order valence-corrected chi connectivity index (χ1v) is 12.4. The molecule has 0 saturated carbocycles. The predicted molar refractivity (Wildman–Crippen MR) is 122 cm³/mol. The molecule has 0 aliphatic carbocycles. The second-order valence-corrected chi connectivity index (χ2v) is 10.4. The van der Waals surface area contributed by atoms with Crippen molar-refractivity contribution >= 4 is 16.1 Å². The summed E-state index contributed by atoms with van der Waals surface area (Å²) < 4.78 is 33.4. The molecule has 2 N–H and O–H groups in total. The van der Waals surface area contributed by atoms with Crippen molar-refractivity contribution in [2.75, 3.05) is 18.8 Å². The summed E-state index contributed by atoms with van der Waals surface area (Å²) in [6, 6.07) is 10.8. The quantitative estimate of drug-likeness (QED) is 0.591. The zero-order chi connectivity index (χ0) is 23.1. The maximum atomic E-state index is 13.0. The molecule has 1 aliphatic rings. The van der Waals surface area contributed by atoms with Crippen LogP contribution in [0, 0.1) is 0 Å². The average molecular weight is 462 g/mol. The fourth-order valence-electron chi connectivity index (χ4n) is 3.76. The summed E-state index contributed by atoms with van der Waals surface area (Å²) in [7, 11) is -3.66. The SMILES string of the molecule is CC(C)c1ccc(COC2CCN(S(=O)(=O)CC(NC(=O)O)c3cccnc3)CC2)cc1. The first-order chi connectivity index (χ1) is 15.2. The average Bonchev–Trinajstić information content (AvgIpc) is 2.78. The van der Waals surface area contributed by atoms with E-state index in [0.717, 1.165) is 5.56 Å². The number of carboxylic acid groups (broad SMARTS) is 1. The Labute approximate surface area is 189 Å². The smallest absolute Gasteiger partial charge is 0.405 e. The molecule has 1 saturated heterocycles. The summed E-state index contributed by atoms with van der Waals surface area (Å²) in [4.78, 5) is 15.1. The van der Waals surface area contributed by atoms with Crippen LogP contribution in [0.3, 0.4) is 0 Å². The third-order valence-corrected chi connectivity index (χ3v) is 7.59. The fourth-order valence-corrected chi connectivity index (χ4v) is 5.43. The molecule has 2 heterocycles. The lowest BCUT2D eigenvalue weighted by Gasteiger charge is -2.32. The Morgan fingerprint density at radius 1 is 1.19 bits per heavy atom. The topological polar surface area (TPSA) is 109 Å². The van der Waals surface area contributed by atoms with Gasteiger partial charge in [0.05, 0.1) is 24.5 Å². The summed E-state index contributed by atoms with van der Waals surface area (Å²) in [5.74, 6) is 0.137. The highest BCUT2D eigenvalue weighted by atomic mass is 32.2. The fraction of sp³-hybridized carbons (Fsp3) is 0.478. The summed E-state index contributed by atoms with van der Waals surface area (Å²) in [6.07, 6.45) is 2.96. The molecule has 2 aromatic rings. The summed E-state index contributed by atoms with van der Waals surface area (Å²) in [5, 5.41) is 11.4. The Morgan fingerprint density at radius 2 is 1.88 bits per heavy atom.